The maximum atomic E-state index is 12.5. The molecule has 1 saturated carbocycles. The Balaban J connectivity index is 1.87. The van der Waals surface area contributed by atoms with Gasteiger partial charge in [-0.1, -0.05) is 6.42 Å². The van der Waals surface area contributed by atoms with Crippen LogP contribution in [0.5, 0.6) is 0 Å². The highest BCUT2D eigenvalue weighted by Gasteiger charge is 2.53. The molecule has 1 saturated heterocycles. The lowest BCUT2D eigenvalue weighted by atomic mass is 9.63. The van der Waals surface area contributed by atoms with Gasteiger partial charge in [-0.3, -0.25) is 4.98 Å². The molecule has 2 atom stereocenters. The van der Waals surface area contributed by atoms with E-state index in [0.717, 1.165) is 29.3 Å². The first kappa shape index (κ1) is 17.7. The summed E-state index contributed by atoms with van der Waals surface area (Å²) in [6.45, 7) is 6.67. The number of nitrogens with zero attached hydrogens (tertiary/aromatic N) is 2. The van der Waals surface area contributed by atoms with Gasteiger partial charge in [-0.15, -0.1) is 0 Å². The number of aromatic nitrogens is 1. The third-order valence-corrected chi connectivity index (χ3v) is 5.72. The molecule has 1 aromatic rings. The van der Waals surface area contributed by atoms with E-state index in [2.05, 4.69) is 20.9 Å². The van der Waals surface area contributed by atoms with Gasteiger partial charge in [0.2, 0.25) is 0 Å². The molecule has 24 heavy (non-hydrogen) atoms. The lowest BCUT2D eigenvalue weighted by molar-refractivity contribution is -0.144. The average molecular weight is 397 g/mol. The molecule has 3 rings (SSSR count). The Bertz CT molecular complexity index is 615. The minimum absolute atomic E-state index is 0.0104. The Hall–Kier alpha value is -1.14. The van der Waals surface area contributed by atoms with Gasteiger partial charge in [-0.05, 0) is 55.6 Å². The number of carbonyl (C=O) groups is 1. The van der Waals surface area contributed by atoms with Crippen molar-refractivity contribution in [3.63, 3.8) is 0 Å². The predicted octanol–water partition coefficient (Wildman–Crippen LogP) is 3.70. The fourth-order valence-corrected chi connectivity index (χ4v) is 4.63. The summed E-state index contributed by atoms with van der Waals surface area (Å²) >= 11 is 3.53. The monoisotopic (exact) mass is 396 g/mol. The molecule has 2 heterocycles. The van der Waals surface area contributed by atoms with E-state index in [-0.39, 0.29) is 17.9 Å². The van der Waals surface area contributed by atoms with Crippen molar-refractivity contribution in [1.82, 2.24) is 9.88 Å². The average Bonchev–Trinajstić information content (AvgIpc) is 2.45. The summed E-state index contributed by atoms with van der Waals surface area (Å²) in [7, 11) is 0. The fourth-order valence-electron chi connectivity index (χ4n) is 4.07. The van der Waals surface area contributed by atoms with Gasteiger partial charge in [0.05, 0.1) is 5.60 Å². The Morgan fingerprint density at radius 1 is 1.38 bits per heavy atom. The summed E-state index contributed by atoms with van der Waals surface area (Å²) in [5.74, 6) is 0.0208. The van der Waals surface area contributed by atoms with Gasteiger partial charge in [0.15, 0.2) is 0 Å². The molecular formula is C18H25BrN2O3. The zero-order chi connectivity index (χ0) is 17.5. The van der Waals surface area contributed by atoms with Crippen LogP contribution in [0, 0.1) is 11.8 Å². The zero-order valence-corrected chi connectivity index (χ0v) is 16.0. The standard InChI is InChI=1S/C18H25BrN2O3/c1-17(2,3)24-16(22)21-10-12-5-4-6-13(11-21)18(12,23)14-7-8-20-9-15(14)19/h7-9,12-13,23H,4-6,10-11H2,1-3H3. The van der Waals surface area contributed by atoms with Crippen molar-refractivity contribution in [1.29, 1.82) is 0 Å². The number of halogens is 1. The minimum atomic E-state index is -0.918. The number of pyridine rings is 1. The Kier molecular flexibility index (Phi) is 4.64. The van der Waals surface area contributed by atoms with Crippen LogP contribution in [-0.2, 0) is 10.3 Å². The Labute approximate surface area is 151 Å². The minimum Gasteiger partial charge on any atom is -0.444 e. The molecule has 2 aliphatic rings. The second kappa shape index (κ2) is 6.30. The van der Waals surface area contributed by atoms with E-state index in [1.807, 2.05) is 26.8 Å². The highest BCUT2D eigenvalue weighted by atomic mass is 79.9. The SMILES string of the molecule is CC(C)(C)OC(=O)N1CC2CCCC(C1)C2(O)c1ccncc1Br. The molecule has 0 aromatic carbocycles. The molecule has 1 aliphatic carbocycles. The summed E-state index contributed by atoms with van der Waals surface area (Å²) < 4.78 is 6.35. The van der Waals surface area contributed by atoms with Crippen LogP contribution in [-0.4, -0.2) is 39.8 Å². The van der Waals surface area contributed by atoms with Crippen molar-refractivity contribution >= 4 is 22.0 Å². The number of piperidine rings is 1. The first-order chi connectivity index (χ1) is 11.2. The Morgan fingerprint density at radius 2 is 2.00 bits per heavy atom. The molecule has 2 bridgehead atoms. The zero-order valence-electron chi connectivity index (χ0n) is 14.5. The van der Waals surface area contributed by atoms with Crippen LogP contribution in [0.2, 0.25) is 0 Å². The molecule has 0 radical (unpaired) electrons. The lowest BCUT2D eigenvalue weighted by Crippen LogP contribution is -2.59. The number of fused-ring (bicyclic) bond motifs is 2. The summed E-state index contributed by atoms with van der Waals surface area (Å²) in [5.41, 5.74) is -0.539. The van der Waals surface area contributed by atoms with Crippen LogP contribution in [0.3, 0.4) is 0 Å². The smallest absolute Gasteiger partial charge is 0.410 e. The second-order valence-corrected chi connectivity index (χ2v) is 8.75. The third-order valence-electron chi connectivity index (χ3n) is 5.09. The van der Waals surface area contributed by atoms with Crippen molar-refractivity contribution < 1.29 is 14.6 Å². The lowest BCUT2D eigenvalue weighted by Gasteiger charge is -2.53. The van der Waals surface area contributed by atoms with Crippen LogP contribution >= 0.6 is 15.9 Å². The normalized spacial score (nSPS) is 30.1. The number of hydrogen-bond acceptors (Lipinski definition) is 4. The molecule has 132 valence electrons. The first-order valence-electron chi connectivity index (χ1n) is 8.52. The molecular weight excluding hydrogens is 372 g/mol. The van der Waals surface area contributed by atoms with Crippen LogP contribution in [0.15, 0.2) is 22.9 Å². The summed E-state index contributed by atoms with van der Waals surface area (Å²) in [6.07, 6.45) is 6.05. The van der Waals surface area contributed by atoms with E-state index in [4.69, 9.17) is 4.74 Å². The molecule has 0 spiro atoms. The van der Waals surface area contributed by atoms with Crippen LogP contribution in [0.25, 0.3) is 0 Å². The first-order valence-corrected chi connectivity index (χ1v) is 9.31. The van der Waals surface area contributed by atoms with E-state index in [9.17, 15) is 9.90 Å². The van der Waals surface area contributed by atoms with E-state index in [1.54, 1.807) is 17.3 Å². The van der Waals surface area contributed by atoms with E-state index in [0.29, 0.717) is 13.1 Å². The van der Waals surface area contributed by atoms with Gasteiger partial charge in [-0.25, -0.2) is 4.79 Å². The second-order valence-electron chi connectivity index (χ2n) is 7.89. The highest BCUT2D eigenvalue weighted by Crippen LogP contribution is 2.50. The van der Waals surface area contributed by atoms with Gasteiger partial charge in [0, 0.05) is 47.4 Å². The van der Waals surface area contributed by atoms with Crippen LogP contribution < -0.4 is 0 Å². The number of amides is 1. The predicted molar refractivity (Wildman–Crippen MR) is 94.5 cm³/mol. The third kappa shape index (κ3) is 3.18. The van der Waals surface area contributed by atoms with E-state index >= 15 is 0 Å². The van der Waals surface area contributed by atoms with Crippen molar-refractivity contribution in [2.45, 2.75) is 51.2 Å². The number of likely N-dealkylation sites (tertiary alicyclic amines) is 1. The topological polar surface area (TPSA) is 62.7 Å². The van der Waals surface area contributed by atoms with Crippen molar-refractivity contribution in [2.24, 2.45) is 11.8 Å². The summed E-state index contributed by atoms with van der Waals surface area (Å²) in [4.78, 5) is 18.3. The van der Waals surface area contributed by atoms with Crippen molar-refractivity contribution in [3.05, 3.63) is 28.5 Å². The van der Waals surface area contributed by atoms with Crippen molar-refractivity contribution in [2.75, 3.05) is 13.1 Å². The molecule has 1 aromatic heterocycles. The molecule has 2 fully saturated rings. The number of rotatable bonds is 1. The van der Waals surface area contributed by atoms with Crippen LogP contribution in [0.1, 0.15) is 45.6 Å². The summed E-state index contributed by atoms with van der Waals surface area (Å²) in [5, 5.41) is 11.6. The number of hydrogen-bond donors (Lipinski definition) is 1. The fraction of sp³-hybridized carbons (Fsp3) is 0.667. The number of carbonyl (C=O) groups excluding carboxylic acids is 1. The van der Waals surface area contributed by atoms with Gasteiger partial charge in [-0.2, -0.15) is 0 Å². The number of ether oxygens (including phenoxy) is 1. The molecule has 6 heteroatoms. The molecule has 1 aliphatic heterocycles. The summed E-state index contributed by atoms with van der Waals surface area (Å²) in [6, 6.07) is 1.89. The quantitative estimate of drug-likeness (QED) is 0.785. The van der Waals surface area contributed by atoms with E-state index in [1.165, 1.54) is 0 Å². The van der Waals surface area contributed by atoms with Crippen LogP contribution in [0.4, 0.5) is 4.79 Å². The molecule has 2 unspecified atom stereocenters. The molecule has 5 nitrogen and oxygen atoms in total. The largest absolute Gasteiger partial charge is 0.444 e. The maximum absolute atomic E-state index is 12.5. The highest BCUT2D eigenvalue weighted by molar-refractivity contribution is 9.10. The van der Waals surface area contributed by atoms with Gasteiger partial charge >= 0.3 is 6.09 Å². The molecule has 1 amide bonds. The van der Waals surface area contributed by atoms with Gasteiger partial charge in [0.1, 0.15) is 5.60 Å². The Morgan fingerprint density at radius 3 is 2.54 bits per heavy atom. The van der Waals surface area contributed by atoms with Gasteiger partial charge in [0.25, 0.3) is 0 Å². The number of aliphatic hydroxyl groups is 1. The van der Waals surface area contributed by atoms with E-state index < -0.39 is 11.2 Å². The maximum Gasteiger partial charge on any atom is 0.410 e. The van der Waals surface area contributed by atoms with Crippen molar-refractivity contribution in [3.8, 4) is 0 Å². The van der Waals surface area contributed by atoms with Gasteiger partial charge < -0.3 is 14.7 Å². The molecule has 1 N–H and O–H groups in total.